The van der Waals surface area contributed by atoms with Crippen LogP contribution in [0, 0.1) is 0 Å². The third-order valence-electron chi connectivity index (χ3n) is 4.38. The molecule has 0 fully saturated rings. The summed E-state index contributed by atoms with van der Waals surface area (Å²) in [6.07, 6.45) is 1.72. The predicted octanol–water partition coefficient (Wildman–Crippen LogP) is 2.57. The number of amides is 2. The first kappa shape index (κ1) is 24.3. The van der Waals surface area contributed by atoms with Gasteiger partial charge in [-0.15, -0.1) is 0 Å². The number of carbonyl (C=O) groups is 4. The molecule has 0 aromatic heterocycles. The minimum absolute atomic E-state index is 0.0137. The van der Waals surface area contributed by atoms with Crippen LogP contribution in [0.3, 0.4) is 0 Å². The Balaban J connectivity index is 1.70. The second-order valence-corrected chi connectivity index (χ2v) is 6.84. The second-order valence-electron chi connectivity index (χ2n) is 6.84. The van der Waals surface area contributed by atoms with E-state index >= 15 is 0 Å². The van der Waals surface area contributed by atoms with Crippen molar-refractivity contribution in [1.29, 1.82) is 0 Å². The van der Waals surface area contributed by atoms with Crippen LogP contribution in [0.25, 0.3) is 0 Å². The lowest BCUT2D eigenvalue weighted by atomic mass is 10.1. The molecule has 168 valence electrons. The van der Waals surface area contributed by atoms with Crippen molar-refractivity contribution in [2.45, 2.75) is 19.3 Å². The molecule has 0 aliphatic carbocycles. The number of hydrogen-bond donors (Lipinski definition) is 3. The van der Waals surface area contributed by atoms with E-state index in [-0.39, 0.29) is 37.0 Å². The SMILES string of the molecule is O=C(O)C=C(CCCNC(=O)c1ccccc1)C(=O)OCCCNC(=O)c1ccccc1. The highest BCUT2D eigenvalue weighted by atomic mass is 16.5. The van der Waals surface area contributed by atoms with Crippen molar-refractivity contribution in [3.8, 4) is 0 Å². The molecule has 0 bridgehead atoms. The summed E-state index contributed by atoms with van der Waals surface area (Å²) < 4.78 is 5.13. The molecular weight excluding hydrogens is 412 g/mol. The molecule has 2 aromatic rings. The van der Waals surface area contributed by atoms with Crippen LogP contribution in [0.5, 0.6) is 0 Å². The smallest absolute Gasteiger partial charge is 0.334 e. The monoisotopic (exact) mass is 438 g/mol. The number of esters is 1. The first-order valence-electron chi connectivity index (χ1n) is 10.2. The summed E-state index contributed by atoms with van der Waals surface area (Å²) in [7, 11) is 0. The zero-order chi connectivity index (χ0) is 23.2. The molecule has 8 nitrogen and oxygen atoms in total. The van der Waals surface area contributed by atoms with Gasteiger partial charge in [-0.1, -0.05) is 36.4 Å². The number of aliphatic carboxylic acids is 1. The second kappa shape index (κ2) is 13.4. The third kappa shape index (κ3) is 8.83. The van der Waals surface area contributed by atoms with Gasteiger partial charge < -0.3 is 20.5 Å². The zero-order valence-electron chi connectivity index (χ0n) is 17.6. The van der Waals surface area contributed by atoms with Gasteiger partial charge in [-0.2, -0.15) is 0 Å². The first-order chi connectivity index (χ1) is 15.5. The Morgan fingerprint density at radius 3 is 1.78 bits per heavy atom. The van der Waals surface area contributed by atoms with E-state index in [9.17, 15) is 19.2 Å². The number of carbonyl (C=O) groups excluding carboxylic acids is 3. The number of benzene rings is 2. The number of rotatable bonds is 12. The molecule has 0 atom stereocenters. The van der Waals surface area contributed by atoms with Gasteiger partial charge >= 0.3 is 11.9 Å². The summed E-state index contributed by atoms with van der Waals surface area (Å²) in [6, 6.07) is 17.4. The minimum atomic E-state index is -1.25. The van der Waals surface area contributed by atoms with Crippen LogP contribution in [0.2, 0.25) is 0 Å². The molecule has 0 unspecified atom stereocenters. The summed E-state index contributed by atoms with van der Waals surface area (Å²) in [5, 5.41) is 14.4. The fraction of sp³-hybridized carbons (Fsp3) is 0.250. The Bertz CT molecular complexity index is 941. The maximum atomic E-state index is 12.2. The molecule has 2 aromatic carbocycles. The number of hydrogen-bond acceptors (Lipinski definition) is 5. The van der Waals surface area contributed by atoms with Gasteiger partial charge in [0, 0.05) is 35.9 Å². The summed E-state index contributed by atoms with van der Waals surface area (Å²) in [5.74, 6) is -2.44. The third-order valence-corrected chi connectivity index (χ3v) is 4.38. The lowest BCUT2D eigenvalue weighted by Crippen LogP contribution is -2.26. The van der Waals surface area contributed by atoms with Gasteiger partial charge in [0.15, 0.2) is 0 Å². The number of carboxylic acids is 1. The average Bonchev–Trinajstić information content (AvgIpc) is 2.81. The van der Waals surface area contributed by atoms with Crippen LogP contribution in [0.1, 0.15) is 40.0 Å². The molecule has 0 heterocycles. The number of nitrogens with one attached hydrogen (secondary N) is 2. The van der Waals surface area contributed by atoms with Gasteiger partial charge in [0.05, 0.1) is 6.61 Å². The highest BCUT2D eigenvalue weighted by Gasteiger charge is 2.13. The normalized spacial score (nSPS) is 10.8. The molecule has 2 amide bonds. The lowest BCUT2D eigenvalue weighted by Gasteiger charge is -2.09. The Morgan fingerprint density at radius 1 is 0.781 bits per heavy atom. The first-order valence-corrected chi connectivity index (χ1v) is 10.2. The molecule has 0 saturated heterocycles. The maximum absolute atomic E-state index is 12.2. The Morgan fingerprint density at radius 2 is 1.28 bits per heavy atom. The largest absolute Gasteiger partial charge is 0.478 e. The van der Waals surface area contributed by atoms with Crippen molar-refractivity contribution in [3.05, 3.63) is 83.4 Å². The summed E-state index contributed by atoms with van der Waals surface area (Å²) in [5.41, 5.74) is 1.07. The lowest BCUT2D eigenvalue weighted by molar-refractivity contribution is -0.140. The van der Waals surface area contributed by atoms with Gasteiger partial charge in [0.2, 0.25) is 0 Å². The van der Waals surface area contributed by atoms with Crippen molar-refractivity contribution in [2.24, 2.45) is 0 Å². The number of carboxylic acid groups (broad SMARTS) is 1. The van der Waals surface area contributed by atoms with Crippen LogP contribution >= 0.6 is 0 Å². The van der Waals surface area contributed by atoms with Gasteiger partial charge in [0.25, 0.3) is 11.8 Å². The van der Waals surface area contributed by atoms with E-state index in [0.717, 1.165) is 6.08 Å². The molecular formula is C24H26N2O6. The maximum Gasteiger partial charge on any atom is 0.334 e. The molecule has 0 aliphatic rings. The van der Waals surface area contributed by atoms with Gasteiger partial charge in [0.1, 0.15) is 0 Å². The summed E-state index contributed by atoms with van der Waals surface area (Å²) >= 11 is 0. The predicted molar refractivity (Wildman–Crippen MR) is 118 cm³/mol. The Hall–Kier alpha value is -3.94. The fourth-order valence-electron chi connectivity index (χ4n) is 2.78. The molecule has 2 rings (SSSR count). The highest BCUT2D eigenvalue weighted by molar-refractivity contribution is 5.96. The van der Waals surface area contributed by atoms with Gasteiger partial charge in [-0.3, -0.25) is 9.59 Å². The van der Waals surface area contributed by atoms with Crippen molar-refractivity contribution >= 4 is 23.8 Å². The molecule has 8 heteroatoms. The van der Waals surface area contributed by atoms with Crippen molar-refractivity contribution in [3.63, 3.8) is 0 Å². The van der Waals surface area contributed by atoms with E-state index in [2.05, 4.69) is 10.6 Å². The van der Waals surface area contributed by atoms with Crippen LogP contribution in [0.15, 0.2) is 72.3 Å². The van der Waals surface area contributed by atoms with E-state index < -0.39 is 11.9 Å². The van der Waals surface area contributed by atoms with E-state index in [0.29, 0.717) is 30.5 Å². The van der Waals surface area contributed by atoms with Crippen LogP contribution in [-0.4, -0.2) is 48.6 Å². The fourth-order valence-corrected chi connectivity index (χ4v) is 2.78. The van der Waals surface area contributed by atoms with Gasteiger partial charge in [-0.25, -0.2) is 9.59 Å². The van der Waals surface area contributed by atoms with E-state index in [4.69, 9.17) is 9.84 Å². The van der Waals surface area contributed by atoms with Crippen LogP contribution in [0.4, 0.5) is 0 Å². The summed E-state index contributed by atoms with van der Waals surface area (Å²) in [6.45, 7) is 0.629. The van der Waals surface area contributed by atoms with Gasteiger partial charge in [-0.05, 0) is 43.5 Å². The standard InChI is InChI=1S/C24H26N2O6/c27-21(28)17-20(13-7-14-25-22(29)18-9-3-1-4-10-18)24(31)32-16-8-15-26-23(30)19-11-5-2-6-12-19/h1-6,9-12,17H,7-8,13-16H2,(H,25,29)(H,26,30)(H,27,28). The van der Waals surface area contributed by atoms with Crippen LogP contribution < -0.4 is 10.6 Å². The minimum Gasteiger partial charge on any atom is -0.478 e. The van der Waals surface area contributed by atoms with Crippen LogP contribution in [-0.2, 0) is 14.3 Å². The molecule has 32 heavy (non-hydrogen) atoms. The summed E-state index contributed by atoms with van der Waals surface area (Å²) in [4.78, 5) is 47.2. The van der Waals surface area contributed by atoms with E-state index in [1.165, 1.54) is 0 Å². The molecule has 0 spiro atoms. The highest BCUT2D eigenvalue weighted by Crippen LogP contribution is 2.08. The van der Waals surface area contributed by atoms with E-state index in [1.807, 2.05) is 12.1 Å². The topological polar surface area (TPSA) is 122 Å². The number of ether oxygens (including phenoxy) is 1. The van der Waals surface area contributed by atoms with Crippen molar-refractivity contribution in [1.82, 2.24) is 10.6 Å². The average molecular weight is 438 g/mol. The quantitative estimate of drug-likeness (QED) is 0.266. The van der Waals surface area contributed by atoms with Crippen molar-refractivity contribution < 1.29 is 29.0 Å². The zero-order valence-corrected chi connectivity index (χ0v) is 17.6. The Labute approximate surface area is 186 Å². The molecule has 0 aliphatic heterocycles. The van der Waals surface area contributed by atoms with E-state index in [1.54, 1.807) is 48.5 Å². The molecule has 3 N–H and O–H groups in total. The Kier molecular flexibility index (Phi) is 10.2. The van der Waals surface area contributed by atoms with Crippen molar-refractivity contribution in [2.75, 3.05) is 19.7 Å². The molecule has 0 radical (unpaired) electrons. The molecule has 0 saturated carbocycles.